The molecule has 100 valence electrons. The first kappa shape index (κ1) is 13.9. The number of hydrogen-bond acceptors (Lipinski definition) is 2. The van der Waals surface area contributed by atoms with Gasteiger partial charge in [-0.05, 0) is 29.8 Å². The number of benzene rings is 2. The normalized spacial score (nSPS) is 11.3. The highest BCUT2D eigenvalue weighted by Crippen LogP contribution is 2.21. The second kappa shape index (κ2) is 5.63. The molecule has 0 aliphatic rings. The fourth-order valence-electron chi connectivity index (χ4n) is 1.80. The fraction of sp³-hybridized carbons (Fsp3) is 0.143. The van der Waals surface area contributed by atoms with Crippen LogP contribution in [0.25, 0.3) is 0 Å². The predicted octanol–water partition coefficient (Wildman–Crippen LogP) is 3.31. The van der Waals surface area contributed by atoms with Gasteiger partial charge in [0.05, 0.1) is 18.5 Å². The average molecular weight is 296 g/mol. The van der Waals surface area contributed by atoms with Crippen molar-refractivity contribution in [3.8, 4) is 0 Å². The van der Waals surface area contributed by atoms with Crippen LogP contribution in [0.5, 0.6) is 0 Å². The zero-order chi connectivity index (χ0) is 13.9. The Kier molecular flexibility index (Phi) is 4.12. The summed E-state index contributed by atoms with van der Waals surface area (Å²) in [5, 5.41) is 0.596. The van der Waals surface area contributed by atoms with Gasteiger partial charge in [0.1, 0.15) is 0 Å². The first-order chi connectivity index (χ1) is 8.97. The van der Waals surface area contributed by atoms with Gasteiger partial charge < -0.3 is 0 Å². The second-order valence-electron chi connectivity index (χ2n) is 4.24. The molecule has 2 aromatic rings. The molecular formula is C14H14ClNO2S. The minimum absolute atomic E-state index is 0.267. The third kappa shape index (κ3) is 3.72. The first-order valence-electron chi connectivity index (χ1n) is 5.74. The summed E-state index contributed by atoms with van der Waals surface area (Å²) < 4.78 is 25.2. The van der Waals surface area contributed by atoms with Crippen LogP contribution in [0.1, 0.15) is 5.56 Å². The van der Waals surface area contributed by atoms with Gasteiger partial charge in [0, 0.05) is 5.02 Å². The summed E-state index contributed by atoms with van der Waals surface area (Å²) in [4.78, 5) is 0. The molecule has 0 saturated heterocycles. The van der Waals surface area contributed by atoms with Crippen molar-refractivity contribution in [3.63, 3.8) is 0 Å². The van der Waals surface area contributed by atoms with Crippen LogP contribution >= 0.6 is 11.6 Å². The Morgan fingerprint density at radius 2 is 1.74 bits per heavy atom. The molecule has 0 aliphatic heterocycles. The van der Waals surface area contributed by atoms with Crippen molar-refractivity contribution in [2.24, 2.45) is 0 Å². The van der Waals surface area contributed by atoms with Gasteiger partial charge in [0.2, 0.25) is 10.0 Å². The van der Waals surface area contributed by atoms with E-state index in [0.717, 1.165) is 5.56 Å². The lowest BCUT2D eigenvalue weighted by molar-refractivity contribution is 0.596. The SMILES string of the molecule is CS(=O)(=O)N(Cc1cccc(Cl)c1)c1ccccc1. The third-order valence-electron chi connectivity index (χ3n) is 2.66. The van der Waals surface area contributed by atoms with Gasteiger partial charge in [0.15, 0.2) is 0 Å². The lowest BCUT2D eigenvalue weighted by atomic mass is 10.2. The largest absolute Gasteiger partial charge is 0.266 e. The molecule has 2 aromatic carbocycles. The topological polar surface area (TPSA) is 37.4 Å². The lowest BCUT2D eigenvalue weighted by Gasteiger charge is -2.22. The highest BCUT2D eigenvalue weighted by atomic mass is 35.5. The van der Waals surface area contributed by atoms with Crippen LogP contribution in [0, 0.1) is 0 Å². The highest BCUT2D eigenvalue weighted by molar-refractivity contribution is 7.92. The quantitative estimate of drug-likeness (QED) is 0.868. The smallest absolute Gasteiger partial charge is 0.232 e. The number of nitrogens with zero attached hydrogens (tertiary/aromatic N) is 1. The molecule has 0 saturated carbocycles. The second-order valence-corrected chi connectivity index (χ2v) is 6.58. The van der Waals surface area contributed by atoms with E-state index in [9.17, 15) is 8.42 Å². The molecule has 0 aromatic heterocycles. The summed E-state index contributed by atoms with van der Waals surface area (Å²) >= 11 is 5.92. The van der Waals surface area contributed by atoms with E-state index < -0.39 is 10.0 Å². The van der Waals surface area contributed by atoms with Crippen LogP contribution in [0.2, 0.25) is 5.02 Å². The van der Waals surface area contributed by atoms with Crippen molar-refractivity contribution in [2.75, 3.05) is 10.6 Å². The number of hydrogen-bond donors (Lipinski definition) is 0. The monoisotopic (exact) mass is 295 g/mol. The first-order valence-corrected chi connectivity index (χ1v) is 7.96. The minimum Gasteiger partial charge on any atom is -0.266 e. The molecular weight excluding hydrogens is 282 g/mol. The van der Waals surface area contributed by atoms with Gasteiger partial charge in [-0.25, -0.2) is 8.42 Å². The van der Waals surface area contributed by atoms with Gasteiger partial charge in [0.25, 0.3) is 0 Å². The van der Waals surface area contributed by atoms with Crippen molar-refractivity contribution in [2.45, 2.75) is 6.54 Å². The van der Waals surface area contributed by atoms with Crippen LogP contribution in [0.3, 0.4) is 0 Å². The van der Waals surface area contributed by atoms with E-state index in [-0.39, 0.29) is 6.54 Å². The molecule has 0 radical (unpaired) electrons. The zero-order valence-corrected chi connectivity index (χ0v) is 12.0. The molecule has 0 heterocycles. The Morgan fingerprint density at radius 3 is 2.32 bits per heavy atom. The van der Waals surface area contributed by atoms with E-state index >= 15 is 0 Å². The molecule has 0 N–H and O–H groups in total. The molecule has 19 heavy (non-hydrogen) atoms. The van der Waals surface area contributed by atoms with Gasteiger partial charge in [-0.15, -0.1) is 0 Å². The minimum atomic E-state index is -3.34. The standard InChI is InChI=1S/C14H14ClNO2S/c1-19(17,18)16(14-8-3-2-4-9-14)11-12-6-5-7-13(15)10-12/h2-10H,11H2,1H3. The van der Waals surface area contributed by atoms with E-state index in [1.165, 1.54) is 10.6 Å². The molecule has 0 unspecified atom stereocenters. The molecule has 0 amide bonds. The number of para-hydroxylation sites is 1. The fourth-order valence-corrected chi connectivity index (χ4v) is 2.90. The number of rotatable bonds is 4. The number of sulfonamides is 1. The maximum atomic E-state index is 11.9. The van der Waals surface area contributed by atoms with Gasteiger partial charge in [-0.3, -0.25) is 4.31 Å². The van der Waals surface area contributed by atoms with Crippen LogP contribution in [-0.2, 0) is 16.6 Å². The van der Waals surface area contributed by atoms with Crippen molar-refractivity contribution >= 4 is 27.3 Å². The zero-order valence-electron chi connectivity index (χ0n) is 10.5. The maximum absolute atomic E-state index is 11.9. The van der Waals surface area contributed by atoms with Crippen LogP contribution in [0.4, 0.5) is 5.69 Å². The van der Waals surface area contributed by atoms with Gasteiger partial charge in [-0.2, -0.15) is 0 Å². The molecule has 0 spiro atoms. The predicted molar refractivity (Wildman–Crippen MR) is 78.9 cm³/mol. The Balaban J connectivity index is 2.36. The molecule has 0 aliphatic carbocycles. The van der Waals surface area contributed by atoms with E-state index in [2.05, 4.69) is 0 Å². The maximum Gasteiger partial charge on any atom is 0.232 e. The number of anilines is 1. The third-order valence-corrected chi connectivity index (χ3v) is 4.04. The molecule has 0 bridgehead atoms. The lowest BCUT2D eigenvalue weighted by Crippen LogP contribution is -2.29. The van der Waals surface area contributed by atoms with Crippen LogP contribution in [0.15, 0.2) is 54.6 Å². The summed E-state index contributed by atoms with van der Waals surface area (Å²) in [6.07, 6.45) is 1.20. The molecule has 0 fully saturated rings. The van der Waals surface area contributed by atoms with Crippen LogP contribution < -0.4 is 4.31 Å². The summed E-state index contributed by atoms with van der Waals surface area (Å²) in [7, 11) is -3.34. The van der Waals surface area contributed by atoms with E-state index in [1.807, 2.05) is 30.3 Å². The Bertz CT molecular complexity index is 656. The van der Waals surface area contributed by atoms with Gasteiger partial charge in [-0.1, -0.05) is 41.9 Å². The molecule has 3 nitrogen and oxygen atoms in total. The average Bonchev–Trinajstić information content (AvgIpc) is 2.36. The molecule has 2 rings (SSSR count). The van der Waals surface area contributed by atoms with E-state index in [4.69, 9.17) is 11.6 Å². The molecule has 5 heteroatoms. The summed E-state index contributed by atoms with van der Waals surface area (Å²) in [6.45, 7) is 0.267. The van der Waals surface area contributed by atoms with Gasteiger partial charge >= 0.3 is 0 Å². The summed E-state index contributed by atoms with van der Waals surface area (Å²) in [5.41, 5.74) is 1.49. The van der Waals surface area contributed by atoms with E-state index in [0.29, 0.717) is 10.7 Å². The summed E-state index contributed by atoms with van der Waals surface area (Å²) in [6, 6.07) is 16.2. The van der Waals surface area contributed by atoms with Crippen molar-refractivity contribution in [1.82, 2.24) is 0 Å². The number of halogens is 1. The van der Waals surface area contributed by atoms with Crippen LogP contribution in [-0.4, -0.2) is 14.7 Å². The molecule has 0 atom stereocenters. The van der Waals surface area contributed by atoms with Crippen molar-refractivity contribution in [3.05, 3.63) is 65.2 Å². The van der Waals surface area contributed by atoms with Crippen molar-refractivity contribution < 1.29 is 8.42 Å². The summed E-state index contributed by atoms with van der Waals surface area (Å²) in [5.74, 6) is 0. The Morgan fingerprint density at radius 1 is 1.05 bits per heavy atom. The highest BCUT2D eigenvalue weighted by Gasteiger charge is 2.17. The van der Waals surface area contributed by atoms with Crippen molar-refractivity contribution in [1.29, 1.82) is 0 Å². The van der Waals surface area contributed by atoms with E-state index in [1.54, 1.807) is 24.3 Å². The Hall–Kier alpha value is -1.52. The Labute approximate surface area is 118 Å².